The maximum Gasteiger partial charge on any atom is 0.293 e. The van der Waals surface area contributed by atoms with Gasteiger partial charge in [0.05, 0.1) is 23.3 Å². The zero-order valence-corrected chi connectivity index (χ0v) is 18.3. The molecule has 1 aliphatic rings. The van der Waals surface area contributed by atoms with Crippen LogP contribution in [0.4, 0.5) is 4.79 Å². The Morgan fingerprint density at radius 1 is 1.14 bits per heavy atom. The number of hydrogen-bond donors (Lipinski definition) is 0. The lowest BCUT2D eigenvalue weighted by atomic mass is 10.2. The normalized spacial score (nSPS) is 15.6. The summed E-state index contributed by atoms with van der Waals surface area (Å²) in [5.74, 6) is -0.255. The number of carbonyl (C=O) groups excluding carboxylic acids is 2. The van der Waals surface area contributed by atoms with Gasteiger partial charge >= 0.3 is 0 Å². The van der Waals surface area contributed by atoms with Crippen molar-refractivity contribution in [1.82, 2.24) is 14.5 Å². The number of pyridine rings is 1. The van der Waals surface area contributed by atoms with Crippen molar-refractivity contribution < 1.29 is 9.59 Å². The fraction of sp³-hybridized carbons (Fsp3) is 0.136. The van der Waals surface area contributed by atoms with Gasteiger partial charge in [-0.1, -0.05) is 28.1 Å². The van der Waals surface area contributed by atoms with Crippen LogP contribution in [-0.2, 0) is 11.3 Å². The third kappa shape index (κ3) is 3.93. The molecule has 0 atom stereocenters. The Morgan fingerprint density at radius 2 is 1.90 bits per heavy atom. The standard InChI is InChI=1S/C22H18BrN3O2S/c1-14-10-17(15(2)26(14)19-4-3-9-24-12-19)11-20-21(27)25(22(28)29-20)13-16-5-7-18(23)8-6-16/h3-12H,13H2,1-2H3/b20-11-. The summed E-state index contributed by atoms with van der Waals surface area (Å²) in [6.07, 6.45) is 5.34. The molecule has 4 rings (SSSR count). The average molecular weight is 468 g/mol. The second-order valence-corrected chi connectivity index (χ2v) is 8.68. The first-order chi connectivity index (χ1) is 13.9. The van der Waals surface area contributed by atoms with Gasteiger partial charge in [0.1, 0.15) is 0 Å². The van der Waals surface area contributed by atoms with E-state index in [9.17, 15) is 9.59 Å². The van der Waals surface area contributed by atoms with Crippen LogP contribution in [0.2, 0.25) is 0 Å². The van der Waals surface area contributed by atoms with Gasteiger partial charge in [0.2, 0.25) is 0 Å². The molecular weight excluding hydrogens is 450 g/mol. The Balaban J connectivity index is 1.62. The molecule has 3 heterocycles. The predicted molar refractivity (Wildman–Crippen MR) is 119 cm³/mol. The van der Waals surface area contributed by atoms with Crippen LogP contribution in [0.3, 0.4) is 0 Å². The van der Waals surface area contributed by atoms with Gasteiger partial charge in [-0.3, -0.25) is 19.5 Å². The lowest BCUT2D eigenvalue weighted by Crippen LogP contribution is -2.27. The van der Waals surface area contributed by atoms with Crippen molar-refractivity contribution in [3.63, 3.8) is 0 Å². The quantitative estimate of drug-likeness (QED) is 0.476. The molecule has 29 heavy (non-hydrogen) atoms. The van der Waals surface area contributed by atoms with Crippen molar-refractivity contribution in [2.24, 2.45) is 0 Å². The average Bonchev–Trinajstić information content (AvgIpc) is 3.14. The molecule has 1 saturated heterocycles. The highest BCUT2D eigenvalue weighted by atomic mass is 79.9. The molecule has 0 bridgehead atoms. The predicted octanol–water partition coefficient (Wildman–Crippen LogP) is 5.49. The minimum Gasteiger partial charge on any atom is -0.316 e. The van der Waals surface area contributed by atoms with Gasteiger partial charge in [0, 0.05) is 22.1 Å². The van der Waals surface area contributed by atoms with Crippen molar-refractivity contribution in [1.29, 1.82) is 0 Å². The highest BCUT2D eigenvalue weighted by molar-refractivity contribution is 9.10. The van der Waals surface area contributed by atoms with E-state index >= 15 is 0 Å². The van der Waals surface area contributed by atoms with Crippen molar-refractivity contribution in [2.45, 2.75) is 20.4 Å². The van der Waals surface area contributed by atoms with Crippen LogP contribution in [0.25, 0.3) is 11.8 Å². The molecule has 146 valence electrons. The van der Waals surface area contributed by atoms with Gasteiger partial charge in [-0.2, -0.15) is 0 Å². The number of rotatable bonds is 4. The number of nitrogens with zero attached hydrogens (tertiary/aromatic N) is 3. The van der Waals surface area contributed by atoms with E-state index in [-0.39, 0.29) is 17.7 Å². The monoisotopic (exact) mass is 467 g/mol. The lowest BCUT2D eigenvalue weighted by Gasteiger charge is -2.12. The summed E-state index contributed by atoms with van der Waals surface area (Å²) < 4.78 is 3.05. The van der Waals surface area contributed by atoms with Crippen molar-refractivity contribution >= 4 is 44.9 Å². The van der Waals surface area contributed by atoms with Crippen LogP contribution in [0, 0.1) is 13.8 Å². The highest BCUT2D eigenvalue weighted by Gasteiger charge is 2.35. The number of aromatic nitrogens is 2. The third-order valence-corrected chi connectivity index (χ3v) is 6.22. The first kappa shape index (κ1) is 19.7. The molecule has 0 saturated carbocycles. The Kier molecular flexibility index (Phi) is 5.43. The van der Waals surface area contributed by atoms with Crippen LogP contribution in [0.1, 0.15) is 22.5 Å². The van der Waals surface area contributed by atoms with Crippen LogP contribution < -0.4 is 0 Å². The molecule has 2 amide bonds. The van der Waals surface area contributed by atoms with Gasteiger partial charge in [-0.25, -0.2) is 0 Å². The van der Waals surface area contributed by atoms with E-state index in [2.05, 4.69) is 25.5 Å². The fourth-order valence-corrected chi connectivity index (χ4v) is 4.46. The number of carbonyl (C=O) groups is 2. The van der Waals surface area contributed by atoms with Crippen molar-refractivity contribution in [2.75, 3.05) is 0 Å². The maximum absolute atomic E-state index is 12.9. The zero-order valence-electron chi connectivity index (χ0n) is 15.9. The maximum atomic E-state index is 12.9. The minimum atomic E-state index is -0.255. The Bertz CT molecular complexity index is 1120. The number of thioether (sulfide) groups is 1. The number of imide groups is 1. The topological polar surface area (TPSA) is 55.2 Å². The van der Waals surface area contributed by atoms with E-state index in [1.54, 1.807) is 12.4 Å². The number of amides is 2. The van der Waals surface area contributed by atoms with Gasteiger partial charge in [0.15, 0.2) is 0 Å². The molecule has 1 fully saturated rings. The molecule has 5 nitrogen and oxygen atoms in total. The Hall–Kier alpha value is -2.64. The van der Waals surface area contributed by atoms with E-state index in [0.29, 0.717) is 4.91 Å². The highest BCUT2D eigenvalue weighted by Crippen LogP contribution is 2.34. The van der Waals surface area contributed by atoms with Gasteiger partial charge in [-0.05, 0) is 73.1 Å². The number of halogens is 1. The molecule has 0 N–H and O–H groups in total. The second kappa shape index (κ2) is 8.00. The van der Waals surface area contributed by atoms with E-state index in [4.69, 9.17) is 0 Å². The molecule has 2 aromatic heterocycles. The number of hydrogen-bond acceptors (Lipinski definition) is 4. The third-order valence-electron chi connectivity index (χ3n) is 4.79. The SMILES string of the molecule is Cc1cc(/C=C2\SC(=O)N(Cc3ccc(Br)cc3)C2=O)c(C)n1-c1cccnc1. The first-order valence-electron chi connectivity index (χ1n) is 9.03. The summed E-state index contributed by atoms with van der Waals surface area (Å²) in [7, 11) is 0. The van der Waals surface area contributed by atoms with E-state index in [1.165, 1.54) is 4.90 Å². The summed E-state index contributed by atoms with van der Waals surface area (Å²) in [5, 5.41) is -0.245. The minimum absolute atomic E-state index is 0.245. The zero-order chi connectivity index (χ0) is 20.5. The molecule has 1 aliphatic heterocycles. The summed E-state index contributed by atoms with van der Waals surface area (Å²) in [6, 6.07) is 13.5. The van der Waals surface area contributed by atoms with Gasteiger partial charge < -0.3 is 4.57 Å². The van der Waals surface area contributed by atoms with Gasteiger partial charge in [0.25, 0.3) is 11.1 Å². The molecule has 3 aromatic rings. The van der Waals surface area contributed by atoms with Crippen molar-refractivity contribution in [3.8, 4) is 5.69 Å². The number of aryl methyl sites for hydroxylation is 1. The molecular formula is C22H18BrN3O2S. The molecule has 0 unspecified atom stereocenters. The van der Waals surface area contributed by atoms with Gasteiger partial charge in [-0.15, -0.1) is 0 Å². The van der Waals surface area contributed by atoms with Crippen LogP contribution >= 0.6 is 27.7 Å². The molecule has 0 spiro atoms. The molecule has 1 aromatic carbocycles. The van der Waals surface area contributed by atoms with E-state index < -0.39 is 0 Å². The smallest absolute Gasteiger partial charge is 0.293 e. The number of benzene rings is 1. The Morgan fingerprint density at radius 3 is 2.59 bits per heavy atom. The van der Waals surface area contributed by atoms with E-state index in [0.717, 1.165) is 44.4 Å². The summed E-state index contributed by atoms with van der Waals surface area (Å²) in [4.78, 5) is 31.2. The Labute approximate surface area is 181 Å². The van der Waals surface area contributed by atoms with Crippen LogP contribution in [0.5, 0.6) is 0 Å². The molecule has 7 heteroatoms. The summed E-state index contributed by atoms with van der Waals surface area (Å²) >= 11 is 4.38. The van der Waals surface area contributed by atoms with Crippen LogP contribution in [-0.4, -0.2) is 25.6 Å². The largest absolute Gasteiger partial charge is 0.316 e. The summed E-state index contributed by atoms with van der Waals surface area (Å²) in [6.45, 7) is 4.28. The lowest BCUT2D eigenvalue weighted by molar-refractivity contribution is -0.123. The fourth-order valence-electron chi connectivity index (χ4n) is 3.37. The molecule has 0 radical (unpaired) electrons. The molecule has 0 aliphatic carbocycles. The van der Waals surface area contributed by atoms with E-state index in [1.807, 2.05) is 62.4 Å². The summed E-state index contributed by atoms with van der Waals surface area (Å²) in [5.41, 5.74) is 4.82. The first-order valence-corrected chi connectivity index (χ1v) is 10.6. The second-order valence-electron chi connectivity index (χ2n) is 6.77. The van der Waals surface area contributed by atoms with Crippen molar-refractivity contribution in [3.05, 3.63) is 86.8 Å². The van der Waals surface area contributed by atoms with Crippen LogP contribution in [0.15, 0.2) is 64.2 Å².